The number of carbonyl (C=O) groups is 2. The molecule has 1 heterocycles. The number of rotatable bonds is 7. The standard InChI is InChI=1S/C14H24O8/c1-5-18-11-10(7-20-8(3)15)22-14(17)13(19-6-2)12(11)21-9(4)16/h10-14,17H,5-7H2,1-4H3. The van der Waals surface area contributed by atoms with Crippen LogP contribution in [0.4, 0.5) is 0 Å². The molecule has 22 heavy (non-hydrogen) atoms. The van der Waals surface area contributed by atoms with Crippen LogP contribution in [-0.2, 0) is 33.3 Å². The van der Waals surface area contributed by atoms with Gasteiger partial charge in [-0.25, -0.2) is 0 Å². The molecule has 0 aromatic rings. The van der Waals surface area contributed by atoms with E-state index in [-0.39, 0.29) is 6.61 Å². The summed E-state index contributed by atoms with van der Waals surface area (Å²) in [6.07, 6.45) is -4.53. The molecule has 8 nitrogen and oxygen atoms in total. The quantitative estimate of drug-likeness (QED) is 0.655. The average molecular weight is 320 g/mol. The molecule has 0 aromatic heterocycles. The molecule has 1 aliphatic rings. The van der Waals surface area contributed by atoms with E-state index < -0.39 is 42.6 Å². The number of ether oxygens (including phenoxy) is 5. The van der Waals surface area contributed by atoms with Gasteiger partial charge in [-0.05, 0) is 13.8 Å². The van der Waals surface area contributed by atoms with Crippen LogP contribution in [0.25, 0.3) is 0 Å². The minimum absolute atomic E-state index is 0.117. The van der Waals surface area contributed by atoms with Crippen molar-refractivity contribution in [1.29, 1.82) is 0 Å². The van der Waals surface area contributed by atoms with Crippen molar-refractivity contribution in [3.63, 3.8) is 0 Å². The Labute approximate surface area is 129 Å². The second kappa shape index (κ2) is 9.04. The second-order valence-electron chi connectivity index (χ2n) is 4.78. The third-order valence-electron chi connectivity index (χ3n) is 3.08. The van der Waals surface area contributed by atoms with Crippen molar-refractivity contribution >= 4 is 11.9 Å². The number of aliphatic hydroxyl groups is 1. The van der Waals surface area contributed by atoms with Crippen LogP contribution in [0.5, 0.6) is 0 Å². The largest absolute Gasteiger partial charge is 0.463 e. The molecule has 5 atom stereocenters. The maximum absolute atomic E-state index is 11.3. The molecule has 0 aliphatic carbocycles. The average Bonchev–Trinajstić information content (AvgIpc) is 2.43. The van der Waals surface area contributed by atoms with Gasteiger partial charge in [-0.3, -0.25) is 9.59 Å². The zero-order valence-corrected chi connectivity index (χ0v) is 13.3. The minimum atomic E-state index is -1.32. The minimum Gasteiger partial charge on any atom is -0.463 e. The molecule has 0 spiro atoms. The fourth-order valence-corrected chi connectivity index (χ4v) is 2.32. The van der Waals surface area contributed by atoms with E-state index in [0.717, 1.165) is 0 Å². The van der Waals surface area contributed by atoms with Gasteiger partial charge in [0.15, 0.2) is 12.4 Å². The number of carbonyl (C=O) groups excluding carboxylic acids is 2. The van der Waals surface area contributed by atoms with Gasteiger partial charge in [-0.2, -0.15) is 0 Å². The Morgan fingerprint density at radius 1 is 1.00 bits per heavy atom. The molecule has 5 unspecified atom stereocenters. The molecular weight excluding hydrogens is 296 g/mol. The van der Waals surface area contributed by atoms with Gasteiger partial charge in [-0.1, -0.05) is 0 Å². The van der Waals surface area contributed by atoms with E-state index in [4.69, 9.17) is 23.7 Å². The molecule has 8 heteroatoms. The maximum atomic E-state index is 11.3. The molecule has 0 amide bonds. The van der Waals surface area contributed by atoms with Crippen LogP contribution in [0.3, 0.4) is 0 Å². The Balaban J connectivity index is 2.95. The highest BCUT2D eigenvalue weighted by Gasteiger charge is 2.49. The van der Waals surface area contributed by atoms with E-state index in [0.29, 0.717) is 13.2 Å². The zero-order chi connectivity index (χ0) is 16.7. The predicted octanol–water partition coefficient (Wildman–Crippen LogP) is 0.00860. The highest BCUT2D eigenvalue weighted by atomic mass is 16.7. The summed E-state index contributed by atoms with van der Waals surface area (Å²) < 4.78 is 26.6. The lowest BCUT2D eigenvalue weighted by molar-refractivity contribution is -0.304. The van der Waals surface area contributed by atoms with Crippen LogP contribution in [0.2, 0.25) is 0 Å². The smallest absolute Gasteiger partial charge is 0.303 e. The fraction of sp³-hybridized carbons (Fsp3) is 0.857. The van der Waals surface area contributed by atoms with Gasteiger partial charge < -0.3 is 28.8 Å². The fourth-order valence-electron chi connectivity index (χ4n) is 2.32. The summed E-state index contributed by atoms with van der Waals surface area (Å²) in [4.78, 5) is 22.3. The van der Waals surface area contributed by atoms with Crippen molar-refractivity contribution in [3.05, 3.63) is 0 Å². The van der Waals surface area contributed by atoms with Gasteiger partial charge in [-0.15, -0.1) is 0 Å². The summed E-state index contributed by atoms with van der Waals surface area (Å²) in [6, 6.07) is 0. The molecule has 1 rings (SSSR count). The Kier molecular flexibility index (Phi) is 7.74. The molecular formula is C14H24O8. The second-order valence-corrected chi connectivity index (χ2v) is 4.78. The van der Waals surface area contributed by atoms with E-state index >= 15 is 0 Å². The van der Waals surface area contributed by atoms with E-state index in [9.17, 15) is 14.7 Å². The molecule has 0 bridgehead atoms. The normalized spacial score (nSPS) is 31.6. The maximum Gasteiger partial charge on any atom is 0.303 e. The third kappa shape index (κ3) is 5.20. The first-order valence-corrected chi connectivity index (χ1v) is 7.28. The van der Waals surface area contributed by atoms with E-state index in [1.807, 2.05) is 0 Å². The molecule has 128 valence electrons. The predicted molar refractivity (Wildman–Crippen MR) is 73.9 cm³/mol. The first-order chi connectivity index (χ1) is 10.4. The monoisotopic (exact) mass is 320 g/mol. The first-order valence-electron chi connectivity index (χ1n) is 7.28. The van der Waals surface area contributed by atoms with Gasteiger partial charge in [0.25, 0.3) is 0 Å². The lowest BCUT2D eigenvalue weighted by Gasteiger charge is -2.43. The highest BCUT2D eigenvalue weighted by molar-refractivity contribution is 5.66. The summed E-state index contributed by atoms with van der Waals surface area (Å²) in [5.74, 6) is -1.01. The van der Waals surface area contributed by atoms with E-state index in [2.05, 4.69) is 0 Å². The first kappa shape index (κ1) is 18.8. The molecule has 0 saturated carbocycles. The number of hydrogen-bond acceptors (Lipinski definition) is 8. The topological polar surface area (TPSA) is 101 Å². The van der Waals surface area contributed by atoms with Crippen LogP contribution < -0.4 is 0 Å². The molecule has 0 aromatic carbocycles. The van der Waals surface area contributed by atoms with Crippen molar-refractivity contribution in [2.45, 2.75) is 58.4 Å². The van der Waals surface area contributed by atoms with Gasteiger partial charge in [0, 0.05) is 27.1 Å². The summed E-state index contributed by atoms with van der Waals surface area (Å²) in [5.41, 5.74) is 0. The lowest BCUT2D eigenvalue weighted by Crippen LogP contribution is -2.61. The molecule has 1 N–H and O–H groups in total. The van der Waals surface area contributed by atoms with Crippen LogP contribution in [0, 0.1) is 0 Å². The van der Waals surface area contributed by atoms with Crippen molar-refractivity contribution in [1.82, 2.24) is 0 Å². The van der Waals surface area contributed by atoms with Crippen LogP contribution in [0.15, 0.2) is 0 Å². The van der Waals surface area contributed by atoms with Crippen molar-refractivity contribution in [3.8, 4) is 0 Å². The van der Waals surface area contributed by atoms with Crippen molar-refractivity contribution in [2.75, 3.05) is 19.8 Å². The molecule has 1 saturated heterocycles. The molecule has 0 radical (unpaired) electrons. The van der Waals surface area contributed by atoms with Crippen molar-refractivity contribution < 1.29 is 38.4 Å². The zero-order valence-electron chi connectivity index (χ0n) is 13.3. The Hall–Kier alpha value is -1.22. The highest BCUT2D eigenvalue weighted by Crippen LogP contribution is 2.27. The number of esters is 2. The lowest BCUT2D eigenvalue weighted by atomic mass is 9.98. The van der Waals surface area contributed by atoms with Gasteiger partial charge in [0.05, 0.1) is 0 Å². The Bertz CT molecular complexity index is 372. The molecule has 1 aliphatic heterocycles. The van der Waals surface area contributed by atoms with Crippen molar-refractivity contribution in [2.24, 2.45) is 0 Å². The van der Waals surface area contributed by atoms with Crippen LogP contribution in [0.1, 0.15) is 27.7 Å². The summed E-state index contributed by atoms with van der Waals surface area (Å²) in [5, 5.41) is 10.1. The number of aliphatic hydroxyl groups excluding tert-OH is 1. The van der Waals surface area contributed by atoms with E-state index in [1.54, 1.807) is 13.8 Å². The third-order valence-corrected chi connectivity index (χ3v) is 3.08. The van der Waals surface area contributed by atoms with Gasteiger partial charge in [0.2, 0.25) is 0 Å². The number of hydrogen-bond donors (Lipinski definition) is 1. The van der Waals surface area contributed by atoms with Gasteiger partial charge in [0.1, 0.15) is 24.9 Å². The molecule has 1 fully saturated rings. The van der Waals surface area contributed by atoms with Gasteiger partial charge >= 0.3 is 11.9 Å². The Morgan fingerprint density at radius 3 is 2.09 bits per heavy atom. The summed E-state index contributed by atoms with van der Waals surface area (Å²) >= 11 is 0. The van der Waals surface area contributed by atoms with E-state index in [1.165, 1.54) is 13.8 Å². The summed E-state index contributed by atoms with van der Waals surface area (Å²) in [6.45, 7) is 6.56. The SMILES string of the molecule is CCOC1C(O)OC(COC(C)=O)C(OCC)C1OC(C)=O. The van der Waals surface area contributed by atoms with Crippen LogP contribution >= 0.6 is 0 Å². The Morgan fingerprint density at radius 2 is 1.59 bits per heavy atom. The van der Waals surface area contributed by atoms with Crippen LogP contribution in [-0.4, -0.2) is 67.6 Å². The summed E-state index contributed by atoms with van der Waals surface area (Å²) in [7, 11) is 0.